The smallest absolute Gasteiger partial charge is 0.223 e. The van der Waals surface area contributed by atoms with Gasteiger partial charge >= 0.3 is 0 Å². The Morgan fingerprint density at radius 2 is 1.87 bits per heavy atom. The van der Waals surface area contributed by atoms with Gasteiger partial charge in [0.1, 0.15) is 5.82 Å². The predicted octanol–water partition coefficient (Wildman–Crippen LogP) is 2.76. The first-order valence-corrected chi connectivity index (χ1v) is 7.46. The molecule has 0 bridgehead atoms. The summed E-state index contributed by atoms with van der Waals surface area (Å²) in [5.74, 6) is 2.01. The molecular weight excluding hydrogens is 290 g/mol. The number of nitrogens with one attached hydrogen (secondary N) is 2. The molecule has 0 unspecified atom stereocenters. The maximum absolute atomic E-state index is 4.58. The fourth-order valence-corrected chi connectivity index (χ4v) is 2.35. The highest BCUT2D eigenvalue weighted by molar-refractivity contribution is 5.62. The summed E-state index contributed by atoms with van der Waals surface area (Å²) < 4.78 is 0. The Morgan fingerprint density at radius 1 is 1.04 bits per heavy atom. The molecule has 0 fully saturated rings. The Morgan fingerprint density at radius 3 is 2.57 bits per heavy atom. The Hall–Kier alpha value is -2.83. The average Bonchev–Trinajstić information content (AvgIpc) is 2.94. The summed E-state index contributed by atoms with van der Waals surface area (Å²) >= 11 is 0. The van der Waals surface area contributed by atoms with E-state index in [0.717, 1.165) is 28.5 Å². The van der Waals surface area contributed by atoms with E-state index in [1.54, 1.807) is 6.20 Å². The molecule has 23 heavy (non-hydrogen) atoms. The molecule has 118 valence electrons. The van der Waals surface area contributed by atoms with Crippen LogP contribution in [0.3, 0.4) is 0 Å². The molecule has 0 saturated heterocycles. The van der Waals surface area contributed by atoms with Gasteiger partial charge in [-0.3, -0.25) is 10.1 Å². The molecule has 0 amide bonds. The molecule has 0 aliphatic carbocycles. The molecule has 3 aromatic heterocycles. The normalized spacial score (nSPS) is 12.2. The van der Waals surface area contributed by atoms with Crippen molar-refractivity contribution in [3.05, 3.63) is 47.4 Å². The fraction of sp³-hybridized carbons (Fsp3) is 0.312. The summed E-state index contributed by atoms with van der Waals surface area (Å²) in [6.45, 7) is 7.80. The first-order valence-electron chi connectivity index (χ1n) is 7.46. The van der Waals surface area contributed by atoms with Crippen molar-refractivity contribution < 1.29 is 0 Å². The Bertz CT molecular complexity index is 825. The second kappa shape index (κ2) is 6.12. The van der Waals surface area contributed by atoms with Crippen LogP contribution in [0.1, 0.15) is 36.0 Å². The van der Waals surface area contributed by atoms with Crippen LogP contribution in [0, 0.1) is 20.8 Å². The van der Waals surface area contributed by atoms with Crippen molar-refractivity contribution in [1.29, 1.82) is 0 Å². The van der Waals surface area contributed by atoms with E-state index >= 15 is 0 Å². The number of hydrogen-bond donors (Lipinski definition) is 2. The lowest BCUT2D eigenvalue weighted by molar-refractivity contribution is 0.783. The van der Waals surface area contributed by atoms with Crippen LogP contribution in [0.2, 0.25) is 0 Å². The van der Waals surface area contributed by atoms with Gasteiger partial charge in [-0.15, -0.1) is 0 Å². The Labute approximate surface area is 134 Å². The molecule has 7 nitrogen and oxygen atoms in total. The summed E-state index contributed by atoms with van der Waals surface area (Å²) in [5, 5.41) is 10.2. The minimum absolute atomic E-state index is 0.0903. The average molecular weight is 309 g/mol. The molecule has 3 aromatic rings. The lowest BCUT2D eigenvalue weighted by Crippen LogP contribution is -2.11. The molecule has 0 spiro atoms. The van der Waals surface area contributed by atoms with Crippen LogP contribution in [0.5, 0.6) is 0 Å². The summed E-state index contributed by atoms with van der Waals surface area (Å²) in [5.41, 5.74) is 3.79. The van der Waals surface area contributed by atoms with Crippen molar-refractivity contribution in [3.63, 3.8) is 0 Å². The second-order valence-corrected chi connectivity index (χ2v) is 5.50. The van der Waals surface area contributed by atoms with Gasteiger partial charge in [0.2, 0.25) is 5.95 Å². The number of pyridine rings is 1. The van der Waals surface area contributed by atoms with Crippen molar-refractivity contribution in [2.24, 2.45) is 0 Å². The molecule has 0 aromatic carbocycles. The highest BCUT2D eigenvalue weighted by Crippen LogP contribution is 2.22. The molecule has 0 radical (unpaired) electrons. The van der Waals surface area contributed by atoms with Crippen LogP contribution >= 0.6 is 0 Å². The van der Waals surface area contributed by atoms with Crippen molar-refractivity contribution in [3.8, 4) is 11.3 Å². The van der Waals surface area contributed by atoms with E-state index in [0.29, 0.717) is 11.8 Å². The Kier molecular flexibility index (Phi) is 4.01. The van der Waals surface area contributed by atoms with Crippen LogP contribution in [0.25, 0.3) is 11.3 Å². The van der Waals surface area contributed by atoms with Gasteiger partial charge in [0.15, 0.2) is 5.82 Å². The maximum Gasteiger partial charge on any atom is 0.223 e. The van der Waals surface area contributed by atoms with Crippen LogP contribution in [-0.2, 0) is 0 Å². The van der Waals surface area contributed by atoms with Crippen LogP contribution in [-0.4, -0.2) is 30.1 Å². The SMILES string of the molecule is Cc1ccc(-c2ccnc(N[C@H](C)c3n[nH]c(C)n3)n2)c(C)n1. The largest absolute Gasteiger partial charge is 0.344 e. The summed E-state index contributed by atoms with van der Waals surface area (Å²) in [6.07, 6.45) is 1.74. The second-order valence-electron chi connectivity index (χ2n) is 5.50. The lowest BCUT2D eigenvalue weighted by atomic mass is 10.1. The number of anilines is 1. The van der Waals surface area contributed by atoms with E-state index in [1.807, 2.05) is 45.9 Å². The molecule has 2 N–H and O–H groups in total. The fourth-order valence-electron chi connectivity index (χ4n) is 2.35. The molecule has 3 heterocycles. The van der Waals surface area contributed by atoms with Gasteiger partial charge in [0, 0.05) is 23.1 Å². The third kappa shape index (κ3) is 3.33. The lowest BCUT2D eigenvalue weighted by Gasteiger charge is -2.11. The zero-order chi connectivity index (χ0) is 16.4. The number of hydrogen-bond acceptors (Lipinski definition) is 6. The van der Waals surface area contributed by atoms with Gasteiger partial charge in [0.25, 0.3) is 0 Å². The van der Waals surface area contributed by atoms with Crippen molar-refractivity contribution >= 4 is 5.95 Å². The van der Waals surface area contributed by atoms with E-state index in [-0.39, 0.29) is 6.04 Å². The van der Waals surface area contributed by atoms with Crippen molar-refractivity contribution in [2.75, 3.05) is 5.32 Å². The van der Waals surface area contributed by atoms with E-state index in [9.17, 15) is 0 Å². The van der Waals surface area contributed by atoms with E-state index in [1.165, 1.54) is 0 Å². The number of H-pyrrole nitrogens is 1. The van der Waals surface area contributed by atoms with Gasteiger partial charge in [-0.25, -0.2) is 15.0 Å². The van der Waals surface area contributed by atoms with Gasteiger partial charge < -0.3 is 5.32 Å². The van der Waals surface area contributed by atoms with Crippen LogP contribution in [0.15, 0.2) is 24.4 Å². The standard InChI is InChI=1S/C16H19N7/c1-9-5-6-13(10(2)18-9)14-7-8-17-16(21-14)19-11(3)15-20-12(4)22-23-15/h5-8,11H,1-4H3,(H,17,19,21)(H,20,22,23)/t11-/m1/s1. The number of aromatic amines is 1. The van der Waals surface area contributed by atoms with Gasteiger partial charge in [-0.1, -0.05) is 0 Å². The molecule has 3 rings (SSSR count). The van der Waals surface area contributed by atoms with Gasteiger partial charge in [0.05, 0.1) is 11.7 Å². The quantitative estimate of drug-likeness (QED) is 0.770. The molecule has 0 aliphatic rings. The topological polar surface area (TPSA) is 92.3 Å². The maximum atomic E-state index is 4.58. The highest BCUT2D eigenvalue weighted by atomic mass is 15.2. The van der Waals surface area contributed by atoms with Gasteiger partial charge in [-0.05, 0) is 45.9 Å². The zero-order valence-electron chi connectivity index (χ0n) is 13.6. The van der Waals surface area contributed by atoms with Gasteiger partial charge in [-0.2, -0.15) is 5.10 Å². The van der Waals surface area contributed by atoms with Crippen molar-refractivity contribution in [2.45, 2.75) is 33.7 Å². The van der Waals surface area contributed by atoms with Crippen LogP contribution in [0.4, 0.5) is 5.95 Å². The zero-order valence-corrected chi connectivity index (χ0v) is 13.6. The minimum Gasteiger partial charge on any atom is -0.344 e. The van der Waals surface area contributed by atoms with Crippen LogP contribution < -0.4 is 5.32 Å². The van der Waals surface area contributed by atoms with E-state index in [2.05, 4.69) is 35.5 Å². The summed E-state index contributed by atoms with van der Waals surface area (Å²) in [4.78, 5) is 17.7. The summed E-state index contributed by atoms with van der Waals surface area (Å²) in [6, 6.07) is 5.81. The molecule has 0 saturated carbocycles. The summed E-state index contributed by atoms with van der Waals surface area (Å²) in [7, 11) is 0. The molecular formula is C16H19N7. The third-order valence-corrected chi connectivity index (χ3v) is 3.50. The highest BCUT2D eigenvalue weighted by Gasteiger charge is 2.13. The number of nitrogens with zero attached hydrogens (tertiary/aromatic N) is 5. The third-order valence-electron chi connectivity index (χ3n) is 3.50. The first-order chi connectivity index (χ1) is 11.0. The predicted molar refractivity (Wildman–Crippen MR) is 87.9 cm³/mol. The monoisotopic (exact) mass is 309 g/mol. The number of aryl methyl sites for hydroxylation is 3. The molecule has 7 heteroatoms. The van der Waals surface area contributed by atoms with Crippen molar-refractivity contribution in [1.82, 2.24) is 30.1 Å². The number of aromatic nitrogens is 6. The first kappa shape index (κ1) is 15.1. The van der Waals surface area contributed by atoms with E-state index in [4.69, 9.17) is 0 Å². The molecule has 1 atom stereocenters. The molecule has 0 aliphatic heterocycles. The Balaban J connectivity index is 1.85. The van der Waals surface area contributed by atoms with E-state index < -0.39 is 0 Å². The minimum atomic E-state index is -0.0903. The number of rotatable bonds is 4.